The highest BCUT2D eigenvalue weighted by Gasteiger charge is 2.37. The minimum atomic E-state index is 0.344. The van der Waals surface area contributed by atoms with Crippen molar-refractivity contribution in [2.24, 2.45) is 17.3 Å². The van der Waals surface area contributed by atoms with Crippen LogP contribution in [0.25, 0.3) is 0 Å². The minimum Gasteiger partial charge on any atom is -0.123 e. The topological polar surface area (TPSA) is 0 Å². The summed E-state index contributed by atoms with van der Waals surface area (Å²) in [5.41, 5.74) is 0.344. The summed E-state index contributed by atoms with van der Waals surface area (Å²) in [6.07, 6.45) is 6.02. The first-order valence-electron chi connectivity index (χ1n) is 6.51. The summed E-state index contributed by atoms with van der Waals surface area (Å²) in [6, 6.07) is 0. The lowest BCUT2D eigenvalue weighted by Crippen LogP contribution is -2.35. The van der Waals surface area contributed by atoms with Crippen LogP contribution in [-0.2, 0) is 0 Å². The van der Waals surface area contributed by atoms with E-state index in [0.717, 1.165) is 12.3 Å². The van der Waals surface area contributed by atoms with Crippen molar-refractivity contribution in [2.45, 2.75) is 65.2 Å². The van der Waals surface area contributed by atoms with E-state index in [0.29, 0.717) is 16.7 Å². The third-order valence-electron chi connectivity index (χ3n) is 4.11. The average Bonchev–Trinajstić information content (AvgIpc) is 2.17. The smallest absolute Gasteiger partial charge is 0.0371 e. The summed E-state index contributed by atoms with van der Waals surface area (Å²) in [7, 11) is 0. The van der Waals surface area contributed by atoms with Gasteiger partial charge in [0.1, 0.15) is 0 Å². The fourth-order valence-corrected chi connectivity index (χ4v) is 3.66. The van der Waals surface area contributed by atoms with Gasteiger partial charge >= 0.3 is 0 Å². The predicted molar refractivity (Wildman–Crippen MR) is 72.6 cm³/mol. The van der Waals surface area contributed by atoms with E-state index < -0.39 is 0 Å². The molecule has 0 aromatic rings. The number of rotatable bonds is 3. The van der Waals surface area contributed by atoms with Crippen molar-refractivity contribution in [3.63, 3.8) is 0 Å². The summed E-state index contributed by atoms with van der Waals surface area (Å²) in [6.45, 7) is 8.96. The van der Waals surface area contributed by atoms with E-state index >= 15 is 0 Å². The Balaban J connectivity index is 2.55. The Morgan fingerprint density at radius 1 is 1.31 bits per heavy atom. The molecule has 0 amide bonds. The predicted octanol–water partition coefficient (Wildman–Crippen LogP) is 4.86. The molecule has 16 heavy (non-hydrogen) atoms. The first-order chi connectivity index (χ1) is 7.47. The normalized spacial score (nSPS) is 30.7. The van der Waals surface area contributed by atoms with Gasteiger partial charge in [-0.1, -0.05) is 27.2 Å². The van der Waals surface area contributed by atoms with Crippen molar-refractivity contribution < 1.29 is 0 Å². The molecular formula is C15H25Cl. The fraction of sp³-hybridized carbons (Fsp3) is 0.867. The van der Waals surface area contributed by atoms with Gasteiger partial charge in [0, 0.05) is 11.8 Å². The molecule has 3 unspecified atom stereocenters. The largest absolute Gasteiger partial charge is 0.123 e. The SMILES string of the molecule is CC#CCCC(C)(C)C1CCC(C)CC1Cl. The number of hydrogen-bond donors (Lipinski definition) is 0. The van der Waals surface area contributed by atoms with E-state index in [-0.39, 0.29) is 0 Å². The van der Waals surface area contributed by atoms with Crippen LogP contribution in [0.2, 0.25) is 0 Å². The molecule has 1 saturated carbocycles. The Morgan fingerprint density at radius 3 is 2.56 bits per heavy atom. The Bertz CT molecular complexity index is 269. The van der Waals surface area contributed by atoms with E-state index in [1.54, 1.807) is 0 Å². The molecular weight excluding hydrogens is 216 g/mol. The first-order valence-corrected chi connectivity index (χ1v) is 6.94. The lowest BCUT2D eigenvalue weighted by molar-refractivity contribution is 0.133. The van der Waals surface area contributed by atoms with Crippen LogP contribution >= 0.6 is 11.6 Å². The van der Waals surface area contributed by atoms with Crippen LogP contribution in [0, 0.1) is 29.1 Å². The van der Waals surface area contributed by atoms with Gasteiger partial charge in [0.05, 0.1) is 0 Å². The Hall–Kier alpha value is -0.150. The fourth-order valence-electron chi connectivity index (χ4n) is 2.89. The van der Waals surface area contributed by atoms with Gasteiger partial charge in [-0.15, -0.1) is 23.4 Å². The van der Waals surface area contributed by atoms with Crippen molar-refractivity contribution in [1.82, 2.24) is 0 Å². The third kappa shape index (κ3) is 3.70. The van der Waals surface area contributed by atoms with Crippen LogP contribution < -0.4 is 0 Å². The number of halogens is 1. The van der Waals surface area contributed by atoms with Crippen molar-refractivity contribution in [2.75, 3.05) is 0 Å². The second-order valence-electron chi connectivity index (χ2n) is 5.96. The molecule has 0 saturated heterocycles. The molecule has 0 heterocycles. The van der Waals surface area contributed by atoms with Gasteiger partial charge in [-0.25, -0.2) is 0 Å². The van der Waals surface area contributed by atoms with E-state index in [4.69, 9.17) is 11.6 Å². The standard InChI is InChI=1S/C15H25Cl/c1-5-6-7-10-15(3,4)13-9-8-12(2)11-14(13)16/h12-14H,7-11H2,1-4H3. The van der Waals surface area contributed by atoms with Crippen molar-refractivity contribution in [1.29, 1.82) is 0 Å². The molecule has 0 aliphatic heterocycles. The maximum Gasteiger partial charge on any atom is 0.0371 e. The maximum absolute atomic E-state index is 6.54. The van der Waals surface area contributed by atoms with E-state index in [2.05, 4.69) is 32.6 Å². The number of hydrogen-bond acceptors (Lipinski definition) is 0. The van der Waals surface area contributed by atoms with Crippen LogP contribution in [0.15, 0.2) is 0 Å². The zero-order chi connectivity index (χ0) is 12.2. The summed E-state index contributed by atoms with van der Waals surface area (Å²) >= 11 is 6.54. The highest BCUT2D eigenvalue weighted by Crippen LogP contribution is 2.44. The Morgan fingerprint density at radius 2 is 2.00 bits per heavy atom. The molecule has 0 bridgehead atoms. The molecule has 3 atom stereocenters. The molecule has 0 nitrogen and oxygen atoms in total. The van der Waals surface area contributed by atoms with Crippen molar-refractivity contribution in [3.05, 3.63) is 0 Å². The monoisotopic (exact) mass is 240 g/mol. The second-order valence-corrected chi connectivity index (χ2v) is 6.52. The van der Waals surface area contributed by atoms with E-state index in [9.17, 15) is 0 Å². The highest BCUT2D eigenvalue weighted by atomic mass is 35.5. The molecule has 92 valence electrons. The van der Waals surface area contributed by atoms with Crippen molar-refractivity contribution in [3.8, 4) is 11.8 Å². The van der Waals surface area contributed by atoms with Crippen molar-refractivity contribution >= 4 is 11.6 Å². The summed E-state index contributed by atoms with van der Waals surface area (Å²) in [5, 5.41) is 0.369. The van der Waals surface area contributed by atoms with Gasteiger partial charge in [-0.05, 0) is 43.4 Å². The molecule has 0 spiro atoms. The van der Waals surface area contributed by atoms with Gasteiger partial charge in [0.2, 0.25) is 0 Å². The van der Waals surface area contributed by atoms with Gasteiger partial charge in [0.15, 0.2) is 0 Å². The van der Waals surface area contributed by atoms with E-state index in [1.807, 2.05) is 6.92 Å². The summed E-state index contributed by atoms with van der Waals surface area (Å²) in [4.78, 5) is 0. The molecule has 0 aromatic carbocycles. The second kappa shape index (κ2) is 5.97. The highest BCUT2D eigenvalue weighted by molar-refractivity contribution is 6.20. The molecule has 1 aliphatic rings. The minimum absolute atomic E-state index is 0.344. The lowest BCUT2D eigenvalue weighted by Gasteiger charge is -2.41. The zero-order valence-electron chi connectivity index (χ0n) is 11.1. The van der Waals surface area contributed by atoms with Gasteiger partial charge in [-0.3, -0.25) is 0 Å². The Kier molecular flexibility index (Phi) is 5.19. The Labute approximate surface area is 106 Å². The molecule has 1 rings (SSSR count). The van der Waals surface area contributed by atoms with Crippen LogP contribution in [0.5, 0.6) is 0 Å². The molecule has 0 N–H and O–H groups in total. The molecule has 0 aromatic heterocycles. The first kappa shape index (κ1) is 13.9. The zero-order valence-corrected chi connectivity index (χ0v) is 11.9. The average molecular weight is 241 g/mol. The number of alkyl halides is 1. The van der Waals surface area contributed by atoms with Gasteiger partial charge in [0.25, 0.3) is 0 Å². The van der Waals surface area contributed by atoms with Crippen LogP contribution in [0.3, 0.4) is 0 Å². The van der Waals surface area contributed by atoms with Crippen LogP contribution in [0.4, 0.5) is 0 Å². The van der Waals surface area contributed by atoms with Gasteiger partial charge in [-0.2, -0.15) is 0 Å². The summed E-state index contributed by atoms with van der Waals surface area (Å²) in [5.74, 6) is 7.63. The summed E-state index contributed by atoms with van der Waals surface area (Å²) < 4.78 is 0. The molecule has 1 fully saturated rings. The van der Waals surface area contributed by atoms with E-state index in [1.165, 1.54) is 25.7 Å². The third-order valence-corrected chi connectivity index (χ3v) is 4.59. The molecule has 0 radical (unpaired) electrons. The molecule has 1 heteroatoms. The van der Waals surface area contributed by atoms with Crippen LogP contribution in [-0.4, -0.2) is 5.38 Å². The molecule has 1 aliphatic carbocycles. The maximum atomic E-state index is 6.54. The van der Waals surface area contributed by atoms with Gasteiger partial charge < -0.3 is 0 Å². The van der Waals surface area contributed by atoms with Crippen LogP contribution in [0.1, 0.15) is 59.8 Å². The lowest BCUT2D eigenvalue weighted by atomic mass is 9.67. The quantitative estimate of drug-likeness (QED) is 0.488.